The van der Waals surface area contributed by atoms with Crippen LogP contribution in [0.4, 0.5) is 5.69 Å². The molecule has 0 fully saturated rings. The molecule has 0 unspecified atom stereocenters. The van der Waals surface area contributed by atoms with Crippen LogP contribution in [-0.2, 0) is 9.53 Å². The summed E-state index contributed by atoms with van der Waals surface area (Å²) in [5.74, 6) is -0.245. The van der Waals surface area contributed by atoms with Gasteiger partial charge in [-0.25, -0.2) is 0 Å². The summed E-state index contributed by atoms with van der Waals surface area (Å²) in [5, 5.41) is 3.06. The number of nitrogens with two attached hydrogens (primary N) is 1. The normalized spacial score (nSPS) is 10.0. The van der Waals surface area contributed by atoms with E-state index in [1.807, 2.05) is 18.2 Å². The molecule has 5 heteroatoms. The Balaban J connectivity index is 0.000000232. The Kier molecular flexibility index (Phi) is 3.66. The van der Waals surface area contributed by atoms with E-state index in [-0.39, 0.29) is 5.97 Å². The Hall–Kier alpha value is -2.56. The molecule has 2 heterocycles. The highest BCUT2D eigenvalue weighted by Gasteiger charge is 2.05. The molecule has 3 rings (SSSR count). The molecule has 19 heavy (non-hydrogen) atoms. The number of hydrogen-bond donors (Lipinski definition) is 1. The summed E-state index contributed by atoms with van der Waals surface area (Å²) < 4.78 is 9.20. The van der Waals surface area contributed by atoms with E-state index in [2.05, 4.69) is 9.72 Å². The van der Waals surface area contributed by atoms with Gasteiger partial charge in [0.2, 0.25) is 0 Å². The topological polar surface area (TPSA) is 78.4 Å². The second-order valence-electron chi connectivity index (χ2n) is 3.93. The van der Waals surface area contributed by atoms with Crippen molar-refractivity contribution in [3.05, 3.63) is 36.9 Å². The van der Waals surface area contributed by atoms with E-state index < -0.39 is 0 Å². The van der Waals surface area contributed by atoms with Gasteiger partial charge < -0.3 is 14.9 Å². The van der Waals surface area contributed by atoms with Crippen molar-refractivity contribution in [2.45, 2.75) is 6.92 Å². The molecule has 2 aromatic heterocycles. The van der Waals surface area contributed by atoms with Gasteiger partial charge in [0.25, 0.3) is 0 Å². The number of hydrogen-bond acceptors (Lipinski definition) is 5. The summed E-state index contributed by atoms with van der Waals surface area (Å²) in [5.41, 5.74) is 7.57. The van der Waals surface area contributed by atoms with Crippen LogP contribution in [0.3, 0.4) is 0 Å². The fraction of sp³-hybridized carbons (Fsp3) is 0.143. The first-order valence-electron chi connectivity index (χ1n) is 5.67. The van der Waals surface area contributed by atoms with E-state index in [0.717, 1.165) is 27.4 Å². The summed E-state index contributed by atoms with van der Waals surface area (Å²) in [7, 11) is 1.35. The van der Waals surface area contributed by atoms with Crippen molar-refractivity contribution in [3.63, 3.8) is 0 Å². The van der Waals surface area contributed by atoms with E-state index in [0.29, 0.717) is 0 Å². The van der Waals surface area contributed by atoms with Gasteiger partial charge >= 0.3 is 5.97 Å². The van der Waals surface area contributed by atoms with Gasteiger partial charge in [-0.05, 0) is 18.2 Å². The molecule has 0 radical (unpaired) electrons. The maximum absolute atomic E-state index is 9.59. The number of aromatic nitrogens is 1. The third kappa shape index (κ3) is 2.65. The predicted octanol–water partition coefficient (Wildman–Crippen LogP) is 2.74. The van der Waals surface area contributed by atoms with E-state index in [4.69, 9.17) is 10.2 Å². The van der Waals surface area contributed by atoms with Crippen molar-refractivity contribution in [1.29, 1.82) is 0 Å². The monoisotopic (exact) mass is 258 g/mol. The zero-order valence-electron chi connectivity index (χ0n) is 10.7. The lowest BCUT2D eigenvalue weighted by Crippen LogP contribution is -1.88. The molecule has 5 nitrogen and oxygen atoms in total. The number of nitrogens with zero attached hydrogens (tertiary/aromatic N) is 1. The fourth-order valence-electron chi connectivity index (χ4n) is 1.73. The van der Waals surface area contributed by atoms with E-state index in [1.165, 1.54) is 14.0 Å². The van der Waals surface area contributed by atoms with Gasteiger partial charge in [0.05, 0.1) is 25.2 Å². The zero-order chi connectivity index (χ0) is 13.8. The molecule has 0 saturated carbocycles. The number of ether oxygens (including phenoxy) is 1. The molecular weight excluding hydrogens is 244 g/mol. The highest BCUT2D eigenvalue weighted by atomic mass is 16.5. The second-order valence-corrected chi connectivity index (χ2v) is 3.93. The average molecular weight is 258 g/mol. The van der Waals surface area contributed by atoms with Crippen LogP contribution in [0.5, 0.6) is 0 Å². The van der Waals surface area contributed by atoms with Gasteiger partial charge in [-0.3, -0.25) is 9.78 Å². The van der Waals surface area contributed by atoms with Gasteiger partial charge in [-0.2, -0.15) is 0 Å². The van der Waals surface area contributed by atoms with Gasteiger partial charge in [0, 0.05) is 35.0 Å². The lowest BCUT2D eigenvalue weighted by Gasteiger charge is -2.00. The van der Waals surface area contributed by atoms with Crippen molar-refractivity contribution in [1.82, 2.24) is 4.98 Å². The minimum Gasteiger partial charge on any atom is -0.472 e. The number of anilines is 1. The first-order chi connectivity index (χ1) is 9.13. The largest absolute Gasteiger partial charge is 0.472 e. The minimum atomic E-state index is -0.245. The van der Waals surface area contributed by atoms with Crippen molar-refractivity contribution >= 4 is 33.3 Å². The number of carbonyl (C=O) groups is 1. The highest BCUT2D eigenvalue weighted by molar-refractivity contribution is 6.10. The zero-order valence-corrected chi connectivity index (χ0v) is 10.7. The van der Waals surface area contributed by atoms with Crippen molar-refractivity contribution in [2.24, 2.45) is 0 Å². The van der Waals surface area contributed by atoms with Gasteiger partial charge in [0.1, 0.15) is 0 Å². The molecule has 3 aromatic rings. The molecule has 0 saturated heterocycles. The van der Waals surface area contributed by atoms with E-state index in [1.54, 1.807) is 18.7 Å². The number of fused-ring (bicyclic) bond motifs is 3. The van der Waals surface area contributed by atoms with Crippen LogP contribution >= 0.6 is 0 Å². The number of rotatable bonds is 0. The Bertz CT molecular complexity index is 719. The molecular formula is C14H14N2O3. The van der Waals surface area contributed by atoms with Crippen LogP contribution in [0.1, 0.15) is 6.92 Å². The van der Waals surface area contributed by atoms with Crippen LogP contribution in [0.15, 0.2) is 41.3 Å². The van der Waals surface area contributed by atoms with E-state index in [9.17, 15) is 4.79 Å². The predicted molar refractivity (Wildman–Crippen MR) is 73.6 cm³/mol. The summed E-state index contributed by atoms with van der Waals surface area (Å²) in [6.45, 7) is 1.36. The van der Waals surface area contributed by atoms with Crippen molar-refractivity contribution in [2.75, 3.05) is 12.8 Å². The fourth-order valence-corrected chi connectivity index (χ4v) is 1.73. The molecule has 0 aliphatic heterocycles. The molecule has 0 atom stereocenters. The molecule has 0 aliphatic rings. The van der Waals surface area contributed by atoms with Crippen LogP contribution in [0.2, 0.25) is 0 Å². The number of carbonyl (C=O) groups excluding carboxylic acids is 1. The van der Waals surface area contributed by atoms with Gasteiger partial charge in [-0.15, -0.1) is 0 Å². The quantitative estimate of drug-likeness (QED) is 0.495. The number of methoxy groups -OCH3 is 1. The Morgan fingerprint density at radius 1 is 1.37 bits per heavy atom. The first kappa shape index (κ1) is 12.9. The second kappa shape index (κ2) is 5.39. The lowest BCUT2D eigenvalue weighted by atomic mass is 10.1. The lowest BCUT2D eigenvalue weighted by molar-refractivity contribution is -0.137. The van der Waals surface area contributed by atoms with Crippen LogP contribution in [-0.4, -0.2) is 18.1 Å². The van der Waals surface area contributed by atoms with Crippen molar-refractivity contribution < 1.29 is 13.9 Å². The van der Waals surface area contributed by atoms with Crippen LogP contribution in [0.25, 0.3) is 21.7 Å². The number of benzene rings is 1. The summed E-state index contributed by atoms with van der Waals surface area (Å²) in [6, 6.07) is 5.74. The molecule has 0 aliphatic carbocycles. The molecule has 0 spiro atoms. The summed E-state index contributed by atoms with van der Waals surface area (Å²) in [6.07, 6.45) is 5.09. The van der Waals surface area contributed by atoms with Crippen LogP contribution < -0.4 is 5.73 Å². The summed E-state index contributed by atoms with van der Waals surface area (Å²) >= 11 is 0. The maximum atomic E-state index is 9.59. The maximum Gasteiger partial charge on any atom is 0.302 e. The summed E-state index contributed by atoms with van der Waals surface area (Å²) in [4.78, 5) is 13.9. The smallest absolute Gasteiger partial charge is 0.302 e. The third-order valence-corrected chi connectivity index (χ3v) is 2.68. The number of esters is 1. The average Bonchev–Trinajstić information content (AvgIpc) is 2.90. The highest BCUT2D eigenvalue weighted by Crippen LogP contribution is 2.28. The SMILES string of the molecule is COC(C)=O.Nc1cc2coccc2c2nccc12. The Labute approximate surface area is 110 Å². The molecule has 2 N–H and O–H groups in total. The van der Waals surface area contributed by atoms with Gasteiger partial charge in [0.15, 0.2) is 0 Å². The Morgan fingerprint density at radius 2 is 2.11 bits per heavy atom. The minimum absolute atomic E-state index is 0.245. The van der Waals surface area contributed by atoms with Crippen molar-refractivity contribution in [3.8, 4) is 0 Å². The molecule has 0 bridgehead atoms. The third-order valence-electron chi connectivity index (χ3n) is 2.68. The number of nitrogen functional groups attached to an aromatic ring is 1. The standard InChI is InChI=1S/C11H8N2O.C3H6O2/c12-10-5-7-6-14-4-2-8(7)11-9(10)1-3-13-11;1-3(4)5-2/h1-6H,12H2;1-2H3. The Morgan fingerprint density at radius 3 is 2.79 bits per heavy atom. The van der Waals surface area contributed by atoms with Crippen LogP contribution in [0, 0.1) is 0 Å². The molecule has 0 amide bonds. The first-order valence-corrected chi connectivity index (χ1v) is 5.67. The van der Waals surface area contributed by atoms with E-state index >= 15 is 0 Å². The molecule has 1 aromatic carbocycles. The molecule has 98 valence electrons. The van der Waals surface area contributed by atoms with Gasteiger partial charge in [-0.1, -0.05) is 0 Å².